The number of tetrazole rings is 1. The van der Waals surface area contributed by atoms with Gasteiger partial charge in [-0.2, -0.15) is 4.68 Å². The predicted octanol–water partition coefficient (Wildman–Crippen LogP) is 2.39. The number of likely N-dealkylation sites (tertiary alicyclic amines) is 1. The van der Waals surface area contributed by atoms with Crippen LogP contribution >= 0.6 is 0 Å². The summed E-state index contributed by atoms with van der Waals surface area (Å²) in [6.45, 7) is 4.01. The number of esters is 1. The third kappa shape index (κ3) is 4.41. The molecule has 0 spiro atoms. The van der Waals surface area contributed by atoms with Gasteiger partial charge in [-0.3, -0.25) is 14.5 Å². The van der Waals surface area contributed by atoms with Gasteiger partial charge in [0.15, 0.2) is 17.3 Å². The van der Waals surface area contributed by atoms with Crippen LogP contribution in [-0.2, 0) is 16.0 Å². The number of benzene rings is 2. The first-order chi connectivity index (χ1) is 19.5. The number of hydrogen-bond acceptors (Lipinski definition) is 10. The van der Waals surface area contributed by atoms with Crippen molar-refractivity contribution in [1.82, 2.24) is 30.0 Å². The van der Waals surface area contributed by atoms with Crippen LogP contribution in [0.1, 0.15) is 53.1 Å². The van der Waals surface area contributed by atoms with Gasteiger partial charge in [0, 0.05) is 25.2 Å². The second kappa shape index (κ2) is 10.8. The van der Waals surface area contributed by atoms with Gasteiger partial charge >= 0.3 is 5.97 Å². The lowest BCUT2D eigenvalue weighted by atomic mass is 9.90. The smallest absolute Gasteiger partial charge is 0.309 e. The molecule has 0 radical (unpaired) electrons. The molecule has 4 heterocycles. The molecule has 3 aliphatic heterocycles. The van der Waals surface area contributed by atoms with E-state index in [1.807, 2.05) is 31.3 Å². The number of aromatic nitrogens is 4. The zero-order valence-electron chi connectivity index (χ0n) is 22.8. The molecule has 1 amide bonds. The molecule has 6 rings (SSSR count). The summed E-state index contributed by atoms with van der Waals surface area (Å²) in [6.07, 6.45) is 1.94. The minimum atomic E-state index is -0.355. The molecule has 3 aromatic rings. The van der Waals surface area contributed by atoms with Gasteiger partial charge in [0.25, 0.3) is 5.91 Å². The molecule has 1 aromatic heterocycles. The molecular formula is C28H32N6O6. The number of likely N-dealkylation sites (N-methyl/N-ethyl adjacent to an activating group) is 1. The Morgan fingerprint density at radius 3 is 2.70 bits per heavy atom. The summed E-state index contributed by atoms with van der Waals surface area (Å²) in [5.74, 6) is 1.90. The van der Waals surface area contributed by atoms with Crippen molar-refractivity contribution in [2.45, 2.75) is 32.2 Å². The lowest BCUT2D eigenvalue weighted by molar-refractivity contribution is -0.149. The topological polar surface area (TPSA) is 121 Å². The third-order valence-electron chi connectivity index (χ3n) is 7.90. The molecule has 1 fully saturated rings. The van der Waals surface area contributed by atoms with Crippen LogP contribution in [0.5, 0.6) is 17.2 Å². The molecule has 40 heavy (non-hydrogen) atoms. The number of nitrogens with zero attached hydrogens (tertiary/aromatic N) is 6. The second-order valence-electron chi connectivity index (χ2n) is 10.1. The van der Waals surface area contributed by atoms with Gasteiger partial charge in [0.05, 0.1) is 30.9 Å². The van der Waals surface area contributed by atoms with Gasteiger partial charge in [-0.15, -0.1) is 5.10 Å². The zero-order chi connectivity index (χ0) is 27.8. The second-order valence-corrected chi connectivity index (χ2v) is 10.1. The molecule has 1 saturated heterocycles. The van der Waals surface area contributed by atoms with Gasteiger partial charge in [-0.05, 0) is 67.4 Å². The molecular weight excluding hydrogens is 516 g/mol. The fourth-order valence-corrected chi connectivity index (χ4v) is 5.88. The van der Waals surface area contributed by atoms with Gasteiger partial charge in [-0.25, -0.2) is 0 Å². The molecule has 1 atom stereocenters. The number of ether oxygens (including phenoxy) is 4. The first kappa shape index (κ1) is 26.1. The number of methoxy groups -OCH3 is 1. The number of piperidine rings is 1. The van der Waals surface area contributed by atoms with Crippen molar-refractivity contribution in [2.75, 3.05) is 47.2 Å². The molecule has 2 aromatic carbocycles. The Labute approximate surface area is 231 Å². The van der Waals surface area contributed by atoms with Crippen molar-refractivity contribution in [1.29, 1.82) is 0 Å². The fourth-order valence-electron chi connectivity index (χ4n) is 5.88. The molecule has 210 valence electrons. The Kier molecular flexibility index (Phi) is 7.01. The van der Waals surface area contributed by atoms with E-state index in [4.69, 9.17) is 18.9 Å². The van der Waals surface area contributed by atoms with E-state index < -0.39 is 0 Å². The van der Waals surface area contributed by atoms with Crippen molar-refractivity contribution >= 4 is 11.9 Å². The number of amides is 1. The molecule has 0 N–H and O–H groups in total. The van der Waals surface area contributed by atoms with Gasteiger partial charge in [0.2, 0.25) is 12.5 Å². The quantitative estimate of drug-likeness (QED) is 0.425. The molecule has 0 bridgehead atoms. The predicted molar refractivity (Wildman–Crippen MR) is 142 cm³/mol. The average molecular weight is 549 g/mol. The number of fused-ring (bicyclic) bond motifs is 2. The number of para-hydroxylation sites is 1. The molecule has 0 unspecified atom stereocenters. The van der Waals surface area contributed by atoms with Crippen LogP contribution < -0.4 is 14.2 Å². The molecule has 0 aliphatic carbocycles. The molecule has 12 nitrogen and oxygen atoms in total. The van der Waals surface area contributed by atoms with E-state index in [-0.39, 0.29) is 30.6 Å². The summed E-state index contributed by atoms with van der Waals surface area (Å²) in [7, 11) is 3.63. The number of carbonyl (C=O) groups is 2. The molecule has 12 heteroatoms. The van der Waals surface area contributed by atoms with Crippen molar-refractivity contribution in [2.24, 2.45) is 5.92 Å². The number of carbonyl (C=O) groups excluding carboxylic acids is 2. The summed E-state index contributed by atoms with van der Waals surface area (Å²) in [6, 6.07) is 8.98. The Hall–Kier alpha value is -4.19. The van der Waals surface area contributed by atoms with Crippen molar-refractivity contribution in [3.63, 3.8) is 0 Å². The van der Waals surface area contributed by atoms with Crippen LogP contribution in [-0.4, -0.2) is 89.1 Å². The highest BCUT2D eigenvalue weighted by atomic mass is 16.7. The minimum Gasteiger partial charge on any atom is -0.492 e. The summed E-state index contributed by atoms with van der Waals surface area (Å²) in [4.78, 5) is 29.9. The van der Waals surface area contributed by atoms with Gasteiger partial charge in [0.1, 0.15) is 6.04 Å². The maximum absolute atomic E-state index is 13.8. The highest BCUT2D eigenvalue weighted by Gasteiger charge is 2.38. The zero-order valence-corrected chi connectivity index (χ0v) is 22.8. The average Bonchev–Trinajstić information content (AvgIpc) is 3.66. The van der Waals surface area contributed by atoms with E-state index in [2.05, 4.69) is 20.4 Å². The largest absolute Gasteiger partial charge is 0.492 e. The fraction of sp³-hybridized carbons (Fsp3) is 0.464. The van der Waals surface area contributed by atoms with E-state index in [0.29, 0.717) is 66.9 Å². The van der Waals surface area contributed by atoms with Crippen LogP contribution in [0, 0.1) is 5.92 Å². The van der Waals surface area contributed by atoms with Gasteiger partial charge in [-0.1, -0.05) is 12.1 Å². The van der Waals surface area contributed by atoms with E-state index in [1.54, 1.807) is 29.7 Å². The molecule has 0 saturated carbocycles. The highest BCUT2D eigenvalue weighted by Crippen LogP contribution is 2.50. The maximum atomic E-state index is 13.8. The SMILES string of the molecule is CCOC(=O)C1CCN(C(=O)c2ccccc2-n2nnnc2[C@@H]2c3c(cc4c(c3OC)OCO4)CCN2C)CC1. The van der Waals surface area contributed by atoms with Crippen LogP contribution in [0.15, 0.2) is 30.3 Å². The lowest BCUT2D eigenvalue weighted by Crippen LogP contribution is -2.41. The summed E-state index contributed by atoms with van der Waals surface area (Å²) < 4.78 is 24.1. The summed E-state index contributed by atoms with van der Waals surface area (Å²) in [5.41, 5.74) is 3.07. The summed E-state index contributed by atoms with van der Waals surface area (Å²) >= 11 is 0. The van der Waals surface area contributed by atoms with Crippen LogP contribution in [0.25, 0.3) is 5.69 Å². The van der Waals surface area contributed by atoms with Crippen LogP contribution in [0.4, 0.5) is 0 Å². The van der Waals surface area contributed by atoms with Crippen LogP contribution in [0.3, 0.4) is 0 Å². The number of hydrogen-bond donors (Lipinski definition) is 0. The Balaban J connectivity index is 1.35. The van der Waals surface area contributed by atoms with E-state index in [9.17, 15) is 9.59 Å². The van der Waals surface area contributed by atoms with E-state index in [1.165, 1.54) is 0 Å². The van der Waals surface area contributed by atoms with Crippen molar-refractivity contribution in [3.05, 3.63) is 52.8 Å². The lowest BCUT2D eigenvalue weighted by Gasteiger charge is -2.35. The van der Waals surface area contributed by atoms with Crippen molar-refractivity contribution < 1.29 is 28.5 Å². The first-order valence-corrected chi connectivity index (χ1v) is 13.5. The van der Waals surface area contributed by atoms with E-state index >= 15 is 0 Å². The minimum absolute atomic E-state index is 0.127. The van der Waals surface area contributed by atoms with Crippen molar-refractivity contribution in [3.8, 4) is 22.9 Å². The number of rotatable bonds is 6. The first-order valence-electron chi connectivity index (χ1n) is 13.5. The molecule has 3 aliphatic rings. The summed E-state index contributed by atoms with van der Waals surface area (Å²) in [5, 5.41) is 12.8. The Morgan fingerprint density at radius 1 is 1.12 bits per heavy atom. The standard InChI is InChI=1S/C28H32N6O6/c1-4-38-28(36)17-10-13-33(14-11-17)27(35)19-7-5-6-8-20(19)34-26(29-30-31-34)23-22-18(9-12-32(23)2)15-21-24(25(22)37-3)40-16-39-21/h5-8,15,17,23H,4,9-14,16H2,1-3H3/t23-/m0/s1. The monoisotopic (exact) mass is 548 g/mol. The maximum Gasteiger partial charge on any atom is 0.309 e. The normalized spacial score (nSPS) is 18.9. The van der Waals surface area contributed by atoms with Gasteiger partial charge < -0.3 is 23.8 Å². The third-order valence-corrected chi connectivity index (χ3v) is 7.90. The Bertz CT molecular complexity index is 1430. The van der Waals surface area contributed by atoms with E-state index in [0.717, 1.165) is 24.1 Å². The highest BCUT2D eigenvalue weighted by molar-refractivity contribution is 5.98. The Morgan fingerprint density at radius 2 is 1.93 bits per heavy atom. The van der Waals surface area contributed by atoms with Crippen LogP contribution in [0.2, 0.25) is 0 Å².